The van der Waals surface area contributed by atoms with Crippen LogP contribution < -0.4 is 5.43 Å². The predicted octanol–water partition coefficient (Wildman–Crippen LogP) is 3.21. The van der Waals surface area contributed by atoms with Gasteiger partial charge in [-0.15, -0.1) is 0 Å². The average molecular weight is 304 g/mol. The summed E-state index contributed by atoms with van der Waals surface area (Å²) in [5.74, 6) is 0.670. The van der Waals surface area contributed by atoms with Gasteiger partial charge in [0.25, 0.3) is 0 Å². The Labute approximate surface area is 132 Å². The lowest BCUT2D eigenvalue weighted by molar-refractivity contribution is 0.169. The van der Waals surface area contributed by atoms with Gasteiger partial charge in [-0.2, -0.15) is 0 Å². The van der Waals surface area contributed by atoms with E-state index in [1.54, 1.807) is 6.07 Å². The topological polar surface area (TPSA) is 45.5 Å². The zero-order valence-corrected chi connectivity index (χ0v) is 13.8. The molecule has 1 unspecified atom stereocenters. The number of hydrogen-bond donors (Lipinski definition) is 1. The highest BCUT2D eigenvalue weighted by Gasteiger charge is 2.25. The van der Waals surface area contributed by atoms with Gasteiger partial charge in [-0.25, -0.2) is 0 Å². The first kappa shape index (κ1) is 15.6. The van der Waals surface area contributed by atoms with Gasteiger partial charge < -0.3 is 9.67 Å². The molecular formula is C18H28N2O2. The fraction of sp³-hybridized carbons (Fsp3) is 0.722. The van der Waals surface area contributed by atoms with Gasteiger partial charge in [-0.1, -0.05) is 19.8 Å². The molecule has 0 amide bonds. The molecule has 22 heavy (non-hydrogen) atoms. The van der Waals surface area contributed by atoms with E-state index in [1.165, 1.54) is 25.7 Å². The van der Waals surface area contributed by atoms with Crippen molar-refractivity contribution in [1.82, 2.24) is 9.47 Å². The van der Waals surface area contributed by atoms with Crippen molar-refractivity contribution < 1.29 is 5.11 Å². The van der Waals surface area contributed by atoms with E-state index < -0.39 is 0 Å². The van der Waals surface area contributed by atoms with Crippen molar-refractivity contribution in [2.75, 3.05) is 13.1 Å². The standard InChI is InChI=1S/C18H28N2O2/c1-13-6-5-9-19(11-13)12-16-18(22)17(21)10-14(2)20(16)15-7-3-4-8-15/h10,13,15,22H,3-9,11-12H2,1-2H3. The average Bonchev–Trinajstić information content (AvgIpc) is 2.98. The van der Waals surface area contributed by atoms with Crippen LogP contribution in [0.2, 0.25) is 0 Å². The van der Waals surface area contributed by atoms with Crippen LogP contribution in [0.4, 0.5) is 0 Å². The lowest BCUT2D eigenvalue weighted by Crippen LogP contribution is -2.35. The van der Waals surface area contributed by atoms with Gasteiger partial charge in [0.2, 0.25) is 5.43 Å². The van der Waals surface area contributed by atoms with Gasteiger partial charge in [0.05, 0.1) is 5.69 Å². The van der Waals surface area contributed by atoms with Gasteiger partial charge in [-0.3, -0.25) is 9.69 Å². The molecule has 2 fully saturated rings. The van der Waals surface area contributed by atoms with E-state index in [0.717, 1.165) is 37.3 Å². The monoisotopic (exact) mass is 304 g/mol. The third kappa shape index (κ3) is 3.07. The quantitative estimate of drug-likeness (QED) is 0.932. The fourth-order valence-electron chi connectivity index (χ4n) is 4.26. The third-order valence-corrected chi connectivity index (χ3v) is 5.32. The molecule has 1 N–H and O–H groups in total. The van der Waals surface area contributed by atoms with Crippen LogP contribution in [0.3, 0.4) is 0 Å². The highest BCUT2D eigenvalue weighted by molar-refractivity contribution is 5.30. The maximum absolute atomic E-state index is 12.1. The van der Waals surface area contributed by atoms with E-state index in [4.69, 9.17) is 0 Å². The third-order valence-electron chi connectivity index (χ3n) is 5.32. The Hall–Kier alpha value is -1.29. The van der Waals surface area contributed by atoms with Crippen LogP contribution in [0.1, 0.15) is 62.9 Å². The van der Waals surface area contributed by atoms with Crippen molar-refractivity contribution in [3.8, 4) is 5.75 Å². The molecular weight excluding hydrogens is 276 g/mol. The zero-order valence-electron chi connectivity index (χ0n) is 13.8. The van der Waals surface area contributed by atoms with Crippen LogP contribution in [0, 0.1) is 12.8 Å². The van der Waals surface area contributed by atoms with Crippen molar-refractivity contribution in [3.63, 3.8) is 0 Å². The van der Waals surface area contributed by atoms with Gasteiger partial charge in [0.1, 0.15) is 0 Å². The number of aryl methyl sites for hydroxylation is 1. The summed E-state index contributed by atoms with van der Waals surface area (Å²) in [4.78, 5) is 14.4. The maximum atomic E-state index is 12.1. The number of piperidine rings is 1. The summed E-state index contributed by atoms with van der Waals surface area (Å²) in [7, 11) is 0. The molecule has 1 saturated carbocycles. The SMILES string of the molecule is Cc1cc(=O)c(O)c(CN2CCCC(C)C2)n1C1CCCC1. The molecule has 4 heteroatoms. The molecule has 0 bridgehead atoms. The van der Waals surface area contributed by atoms with Crippen LogP contribution in [0.5, 0.6) is 5.75 Å². The van der Waals surface area contributed by atoms with Crippen molar-refractivity contribution in [2.24, 2.45) is 5.92 Å². The van der Waals surface area contributed by atoms with Crippen molar-refractivity contribution in [1.29, 1.82) is 0 Å². The first-order chi connectivity index (χ1) is 10.6. The second-order valence-corrected chi connectivity index (χ2v) is 7.24. The molecule has 122 valence electrons. The molecule has 1 aliphatic heterocycles. The van der Waals surface area contributed by atoms with E-state index in [1.807, 2.05) is 6.92 Å². The molecule has 4 nitrogen and oxygen atoms in total. The van der Waals surface area contributed by atoms with E-state index in [2.05, 4.69) is 16.4 Å². The molecule has 1 aromatic heterocycles. The second kappa shape index (κ2) is 6.45. The Bertz CT molecular complexity index is 587. The molecule has 1 aromatic rings. The highest BCUT2D eigenvalue weighted by Crippen LogP contribution is 2.33. The van der Waals surface area contributed by atoms with E-state index in [9.17, 15) is 9.90 Å². The second-order valence-electron chi connectivity index (χ2n) is 7.24. The lowest BCUT2D eigenvalue weighted by atomic mass is 10.00. The predicted molar refractivity (Wildman–Crippen MR) is 88.3 cm³/mol. The largest absolute Gasteiger partial charge is 0.503 e. The number of aromatic hydroxyl groups is 1. The Kier molecular flexibility index (Phi) is 4.57. The zero-order chi connectivity index (χ0) is 15.7. The molecule has 2 aliphatic rings. The smallest absolute Gasteiger partial charge is 0.223 e. The van der Waals surface area contributed by atoms with Gasteiger partial charge >= 0.3 is 0 Å². The van der Waals surface area contributed by atoms with E-state index in [0.29, 0.717) is 18.5 Å². The number of hydrogen-bond acceptors (Lipinski definition) is 3. The summed E-state index contributed by atoms with van der Waals surface area (Å²) >= 11 is 0. The summed E-state index contributed by atoms with van der Waals surface area (Å²) in [6.07, 6.45) is 7.31. The van der Waals surface area contributed by atoms with E-state index >= 15 is 0 Å². The molecule has 3 rings (SSSR count). The summed E-state index contributed by atoms with van der Waals surface area (Å²) in [6.45, 7) is 7.11. The molecule has 2 heterocycles. The Morgan fingerprint density at radius 3 is 2.64 bits per heavy atom. The minimum absolute atomic E-state index is 0.0317. The van der Waals surface area contributed by atoms with E-state index in [-0.39, 0.29) is 11.2 Å². The van der Waals surface area contributed by atoms with Crippen molar-refractivity contribution in [3.05, 3.63) is 27.7 Å². The molecule has 0 radical (unpaired) electrons. The summed E-state index contributed by atoms with van der Waals surface area (Å²) in [5, 5.41) is 10.4. The van der Waals surface area contributed by atoms with Crippen LogP contribution in [-0.2, 0) is 6.54 Å². The molecule has 1 saturated heterocycles. The lowest BCUT2D eigenvalue weighted by Gasteiger charge is -2.33. The Morgan fingerprint density at radius 2 is 1.95 bits per heavy atom. The Balaban J connectivity index is 1.95. The first-order valence-corrected chi connectivity index (χ1v) is 8.72. The summed E-state index contributed by atoms with van der Waals surface area (Å²) in [6, 6.07) is 2.04. The number of nitrogens with zero attached hydrogens (tertiary/aromatic N) is 2. The van der Waals surface area contributed by atoms with Gasteiger partial charge in [0, 0.05) is 30.9 Å². The van der Waals surface area contributed by atoms with Crippen LogP contribution >= 0.6 is 0 Å². The highest BCUT2D eigenvalue weighted by atomic mass is 16.3. The summed E-state index contributed by atoms with van der Waals surface area (Å²) in [5.41, 5.74) is 1.60. The number of aromatic nitrogens is 1. The number of likely N-dealkylation sites (tertiary alicyclic amines) is 1. The van der Waals surface area contributed by atoms with Gasteiger partial charge in [0.15, 0.2) is 5.75 Å². The van der Waals surface area contributed by atoms with Crippen molar-refractivity contribution >= 4 is 0 Å². The van der Waals surface area contributed by atoms with Crippen LogP contribution in [-0.4, -0.2) is 27.7 Å². The van der Waals surface area contributed by atoms with Crippen molar-refractivity contribution in [2.45, 2.75) is 65.0 Å². The normalized spacial score (nSPS) is 24.0. The molecule has 1 atom stereocenters. The Morgan fingerprint density at radius 1 is 1.23 bits per heavy atom. The molecule has 0 aromatic carbocycles. The maximum Gasteiger partial charge on any atom is 0.223 e. The first-order valence-electron chi connectivity index (χ1n) is 8.72. The number of rotatable bonds is 3. The number of pyridine rings is 1. The van der Waals surface area contributed by atoms with Crippen LogP contribution in [0.15, 0.2) is 10.9 Å². The van der Waals surface area contributed by atoms with Gasteiger partial charge in [-0.05, 0) is 45.1 Å². The molecule has 0 spiro atoms. The summed E-state index contributed by atoms with van der Waals surface area (Å²) < 4.78 is 2.25. The van der Waals surface area contributed by atoms with Crippen LogP contribution in [0.25, 0.3) is 0 Å². The minimum Gasteiger partial charge on any atom is -0.503 e. The minimum atomic E-state index is -0.230. The molecule has 1 aliphatic carbocycles. The fourth-order valence-corrected chi connectivity index (χ4v) is 4.26.